The molecule has 0 bridgehead atoms. The third-order valence-corrected chi connectivity index (χ3v) is 3.89. The molecule has 0 radical (unpaired) electrons. The Kier molecular flexibility index (Phi) is 4.23. The second-order valence-electron chi connectivity index (χ2n) is 5.59. The number of rotatable bonds is 2. The van der Waals surface area contributed by atoms with Crippen LogP contribution in [0, 0.1) is 5.41 Å². The Morgan fingerprint density at radius 1 is 1.35 bits per heavy atom. The van der Waals surface area contributed by atoms with E-state index in [0.29, 0.717) is 30.7 Å². The van der Waals surface area contributed by atoms with E-state index < -0.39 is 29.3 Å². The van der Waals surface area contributed by atoms with Crippen molar-refractivity contribution in [3.8, 4) is 0 Å². The number of aliphatic hydroxyl groups is 1. The van der Waals surface area contributed by atoms with Crippen LogP contribution in [-0.2, 0) is 19.2 Å². The van der Waals surface area contributed by atoms with Crippen LogP contribution in [0.25, 0.3) is 0 Å². The maximum atomic E-state index is 12.3. The van der Waals surface area contributed by atoms with Crippen LogP contribution in [0.1, 0.15) is 45.4 Å². The molecule has 1 saturated heterocycles. The zero-order valence-electron chi connectivity index (χ0n) is 11.5. The Bertz CT molecular complexity index is 442. The van der Waals surface area contributed by atoms with Crippen molar-refractivity contribution in [2.24, 2.45) is 5.41 Å². The van der Waals surface area contributed by atoms with Crippen molar-refractivity contribution in [1.82, 2.24) is 5.06 Å². The summed E-state index contributed by atoms with van der Waals surface area (Å²) in [7, 11) is 0. The summed E-state index contributed by atoms with van der Waals surface area (Å²) in [6.07, 6.45) is 5.26. The summed E-state index contributed by atoms with van der Waals surface area (Å²) >= 11 is 0. The van der Waals surface area contributed by atoms with Gasteiger partial charge in [-0.3, -0.25) is 9.59 Å². The number of allylic oxidation sites excluding steroid dienone is 1. The number of hydrogen-bond acceptors (Lipinski definition) is 5. The van der Waals surface area contributed by atoms with Gasteiger partial charge in [-0.05, 0) is 32.6 Å². The zero-order chi connectivity index (χ0) is 14.8. The van der Waals surface area contributed by atoms with Gasteiger partial charge in [0.05, 0.1) is 11.5 Å². The molecule has 1 aliphatic carbocycles. The molecular weight excluding hydrogens is 262 g/mol. The lowest BCUT2D eigenvalue weighted by Gasteiger charge is -2.29. The number of carbonyl (C=O) groups excluding carboxylic acids is 3. The van der Waals surface area contributed by atoms with Crippen molar-refractivity contribution in [1.29, 1.82) is 0 Å². The molecule has 2 aliphatic rings. The summed E-state index contributed by atoms with van der Waals surface area (Å²) in [6.45, 7) is 1.74. The molecule has 2 amide bonds. The molecule has 20 heavy (non-hydrogen) atoms. The number of carbonyl (C=O) groups is 3. The molecule has 0 aromatic heterocycles. The maximum absolute atomic E-state index is 12.3. The van der Waals surface area contributed by atoms with Crippen molar-refractivity contribution < 1.29 is 24.3 Å². The van der Waals surface area contributed by atoms with E-state index in [1.807, 2.05) is 6.08 Å². The summed E-state index contributed by atoms with van der Waals surface area (Å²) in [5, 5.41) is 10.2. The first-order valence-corrected chi connectivity index (χ1v) is 6.85. The van der Waals surface area contributed by atoms with Gasteiger partial charge in [0, 0.05) is 12.8 Å². The fourth-order valence-electron chi connectivity index (χ4n) is 2.40. The summed E-state index contributed by atoms with van der Waals surface area (Å²) in [6, 6.07) is 0. The number of nitrogens with zero attached hydrogens (tertiary/aromatic N) is 1. The predicted octanol–water partition coefficient (Wildman–Crippen LogP) is 1.09. The van der Waals surface area contributed by atoms with Crippen molar-refractivity contribution in [3.05, 3.63) is 12.2 Å². The molecule has 2 atom stereocenters. The largest absolute Gasteiger partial charge is 0.389 e. The number of imide groups is 1. The van der Waals surface area contributed by atoms with E-state index in [1.165, 1.54) is 0 Å². The van der Waals surface area contributed by atoms with Crippen LogP contribution in [0.4, 0.5) is 0 Å². The fraction of sp³-hybridized carbons (Fsp3) is 0.643. The molecule has 0 saturated carbocycles. The quantitative estimate of drug-likeness (QED) is 0.605. The molecule has 0 unspecified atom stereocenters. The highest BCUT2D eigenvalue weighted by Crippen LogP contribution is 2.34. The summed E-state index contributed by atoms with van der Waals surface area (Å²) < 4.78 is 0. The molecule has 1 aliphatic heterocycles. The standard InChI is InChI=1S/C14H19NO5/c1-14(8-3-2-4-10(16)7-9-14)13(19)20-15-11(17)5-6-12(15)18/h2,4,10,16H,3,5-9H2,1H3/b4-2+/t10-,14+/m0/s1. The Morgan fingerprint density at radius 3 is 2.65 bits per heavy atom. The first-order chi connectivity index (χ1) is 9.42. The van der Waals surface area contributed by atoms with E-state index in [2.05, 4.69) is 0 Å². The summed E-state index contributed by atoms with van der Waals surface area (Å²) in [5.41, 5.74) is -0.797. The second kappa shape index (κ2) is 5.75. The number of hydrogen-bond donors (Lipinski definition) is 1. The van der Waals surface area contributed by atoms with E-state index in [4.69, 9.17) is 4.84 Å². The van der Waals surface area contributed by atoms with Gasteiger partial charge in [-0.25, -0.2) is 4.79 Å². The highest BCUT2D eigenvalue weighted by atomic mass is 16.7. The molecule has 110 valence electrons. The monoisotopic (exact) mass is 281 g/mol. The Balaban J connectivity index is 2.04. The van der Waals surface area contributed by atoms with Gasteiger partial charge >= 0.3 is 5.97 Å². The molecule has 6 heteroatoms. The van der Waals surface area contributed by atoms with Gasteiger partial charge in [0.15, 0.2) is 0 Å². The molecule has 1 N–H and O–H groups in total. The lowest BCUT2D eigenvalue weighted by Crippen LogP contribution is -2.39. The van der Waals surface area contributed by atoms with E-state index in [9.17, 15) is 19.5 Å². The van der Waals surface area contributed by atoms with Crippen LogP contribution < -0.4 is 0 Å². The van der Waals surface area contributed by atoms with Crippen LogP contribution in [0.2, 0.25) is 0 Å². The van der Waals surface area contributed by atoms with Crippen molar-refractivity contribution >= 4 is 17.8 Å². The average Bonchev–Trinajstić information content (AvgIpc) is 2.71. The normalized spacial score (nSPS) is 32.7. The minimum Gasteiger partial charge on any atom is -0.389 e. The predicted molar refractivity (Wildman–Crippen MR) is 68.9 cm³/mol. The van der Waals surface area contributed by atoms with Gasteiger partial charge in [-0.1, -0.05) is 12.2 Å². The lowest BCUT2D eigenvalue weighted by atomic mass is 9.79. The van der Waals surface area contributed by atoms with E-state index in [-0.39, 0.29) is 12.8 Å². The highest BCUT2D eigenvalue weighted by molar-refractivity contribution is 6.01. The smallest absolute Gasteiger partial charge is 0.339 e. The van der Waals surface area contributed by atoms with E-state index >= 15 is 0 Å². The Labute approximate surface area is 117 Å². The molecule has 2 rings (SSSR count). The first-order valence-electron chi connectivity index (χ1n) is 6.85. The van der Waals surface area contributed by atoms with Crippen molar-refractivity contribution in [2.75, 3.05) is 0 Å². The van der Waals surface area contributed by atoms with Crippen LogP contribution in [0.5, 0.6) is 0 Å². The third kappa shape index (κ3) is 3.07. The fourth-order valence-corrected chi connectivity index (χ4v) is 2.40. The van der Waals surface area contributed by atoms with Crippen LogP contribution in [0.3, 0.4) is 0 Å². The van der Waals surface area contributed by atoms with Gasteiger partial charge in [0.2, 0.25) is 0 Å². The molecule has 1 fully saturated rings. The Hall–Kier alpha value is -1.69. The van der Waals surface area contributed by atoms with Crippen LogP contribution >= 0.6 is 0 Å². The first kappa shape index (κ1) is 14.7. The van der Waals surface area contributed by atoms with Gasteiger partial charge in [-0.15, -0.1) is 5.06 Å². The van der Waals surface area contributed by atoms with Crippen molar-refractivity contribution in [3.63, 3.8) is 0 Å². The highest BCUT2D eigenvalue weighted by Gasteiger charge is 2.40. The molecule has 1 heterocycles. The molecule has 0 aromatic rings. The third-order valence-electron chi connectivity index (χ3n) is 3.89. The van der Waals surface area contributed by atoms with E-state index in [1.54, 1.807) is 13.0 Å². The average molecular weight is 281 g/mol. The van der Waals surface area contributed by atoms with E-state index in [0.717, 1.165) is 0 Å². The number of amides is 2. The molecule has 0 aromatic carbocycles. The zero-order valence-corrected chi connectivity index (χ0v) is 11.5. The topological polar surface area (TPSA) is 83.9 Å². The maximum Gasteiger partial charge on any atom is 0.339 e. The van der Waals surface area contributed by atoms with Crippen LogP contribution in [-0.4, -0.2) is 34.1 Å². The van der Waals surface area contributed by atoms with Gasteiger partial charge in [0.1, 0.15) is 0 Å². The molecular formula is C14H19NO5. The Morgan fingerprint density at radius 2 is 2.00 bits per heavy atom. The minimum atomic E-state index is -0.797. The van der Waals surface area contributed by atoms with Gasteiger partial charge in [0.25, 0.3) is 11.8 Å². The SMILES string of the molecule is C[C@@]1(C(=O)ON2C(=O)CCC2=O)CC/C=C/[C@H](O)CC1. The van der Waals surface area contributed by atoms with Crippen LogP contribution in [0.15, 0.2) is 12.2 Å². The minimum absolute atomic E-state index is 0.0876. The number of hydroxylamine groups is 2. The van der Waals surface area contributed by atoms with Crippen molar-refractivity contribution in [2.45, 2.75) is 51.6 Å². The lowest BCUT2D eigenvalue weighted by molar-refractivity contribution is -0.205. The number of aliphatic hydroxyl groups excluding tert-OH is 1. The second-order valence-corrected chi connectivity index (χ2v) is 5.59. The molecule has 6 nitrogen and oxygen atoms in total. The summed E-state index contributed by atoms with van der Waals surface area (Å²) in [4.78, 5) is 40.2. The molecule has 0 spiro atoms. The summed E-state index contributed by atoms with van der Waals surface area (Å²) in [5.74, 6) is -1.53. The van der Waals surface area contributed by atoms with Gasteiger partial charge < -0.3 is 9.94 Å². The van der Waals surface area contributed by atoms with Gasteiger partial charge in [-0.2, -0.15) is 0 Å².